The number of hydrogen-bond acceptors (Lipinski definition) is 6. The van der Waals surface area contributed by atoms with Crippen molar-refractivity contribution in [3.63, 3.8) is 0 Å². The summed E-state index contributed by atoms with van der Waals surface area (Å²) >= 11 is 0. The van der Waals surface area contributed by atoms with Gasteiger partial charge in [0.25, 0.3) is 5.91 Å². The summed E-state index contributed by atoms with van der Waals surface area (Å²) in [4.78, 5) is 31.4. The number of carbonyl (C=O) groups is 1. The molecular weight excluding hydrogens is 464 g/mol. The van der Waals surface area contributed by atoms with Crippen molar-refractivity contribution >= 4 is 11.9 Å². The van der Waals surface area contributed by atoms with Crippen LogP contribution in [-0.2, 0) is 6.18 Å². The summed E-state index contributed by atoms with van der Waals surface area (Å²) in [5.74, 6) is -0.353. The highest BCUT2D eigenvalue weighted by Gasteiger charge is 2.35. The molecule has 1 unspecified atom stereocenters. The Hall–Kier alpha value is -3.63. The molecule has 11 heteroatoms. The molecule has 1 amide bonds. The zero-order valence-electron chi connectivity index (χ0n) is 19.2. The Bertz CT molecular complexity index is 1190. The molecule has 1 N–H and O–H groups in total. The van der Waals surface area contributed by atoms with Gasteiger partial charge in [0, 0.05) is 43.4 Å². The van der Waals surface area contributed by atoms with Gasteiger partial charge in [-0.15, -0.1) is 0 Å². The fraction of sp³-hybridized carbons (Fsp3) is 0.375. The van der Waals surface area contributed by atoms with Crippen LogP contribution in [0.25, 0.3) is 11.4 Å². The highest BCUT2D eigenvalue weighted by Crippen LogP contribution is 2.31. The number of likely N-dealkylation sites (tertiary alicyclic amines) is 1. The molecule has 7 nitrogen and oxygen atoms in total. The SMILES string of the molecule is Cc1c(F)ccc(C(=O)N2CCC[C@@H](C)C2CNc2ncc(C(F)(F)F)cn2)c1-c1ncccn1. The monoisotopic (exact) mass is 488 g/mol. The molecule has 0 aliphatic carbocycles. The fourth-order valence-corrected chi connectivity index (χ4v) is 4.31. The smallest absolute Gasteiger partial charge is 0.352 e. The first-order chi connectivity index (χ1) is 16.7. The average Bonchev–Trinajstić information content (AvgIpc) is 2.84. The standard InChI is InChI=1S/C24H24F4N6O/c1-14-5-3-10-34(19(14)13-33-23-31-11-16(12-32-23)24(26,27)28)22(35)17-6-7-18(25)15(2)20(17)21-29-8-4-9-30-21/h4,6-9,11-12,14,19H,3,5,10,13H2,1-2H3,(H,31,32,33)/t14-,19?/m1/s1. The summed E-state index contributed by atoms with van der Waals surface area (Å²) in [6, 6.07) is 4.05. The van der Waals surface area contributed by atoms with Crippen molar-refractivity contribution in [2.24, 2.45) is 5.92 Å². The largest absolute Gasteiger partial charge is 0.419 e. The number of halogens is 4. The number of rotatable bonds is 5. The van der Waals surface area contributed by atoms with E-state index in [2.05, 4.69) is 25.3 Å². The summed E-state index contributed by atoms with van der Waals surface area (Å²) in [7, 11) is 0. The summed E-state index contributed by atoms with van der Waals surface area (Å²) in [6.07, 6.45) is 1.64. The molecule has 2 atom stereocenters. The van der Waals surface area contributed by atoms with Crippen LogP contribution in [-0.4, -0.2) is 49.9 Å². The Kier molecular flexibility index (Phi) is 6.95. The van der Waals surface area contributed by atoms with E-state index in [0.717, 1.165) is 25.2 Å². The molecule has 184 valence electrons. The number of carbonyl (C=O) groups excluding carboxylic acids is 1. The highest BCUT2D eigenvalue weighted by atomic mass is 19.4. The molecule has 4 rings (SSSR count). The quantitative estimate of drug-likeness (QED) is 0.522. The number of aromatic nitrogens is 4. The van der Waals surface area contributed by atoms with Crippen LogP contribution in [0.4, 0.5) is 23.5 Å². The maximum Gasteiger partial charge on any atom is 0.419 e. The number of amides is 1. The lowest BCUT2D eigenvalue weighted by atomic mass is 9.89. The van der Waals surface area contributed by atoms with Gasteiger partial charge in [0.05, 0.1) is 17.2 Å². The van der Waals surface area contributed by atoms with Gasteiger partial charge < -0.3 is 10.2 Å². The summed E-state index contributed by atoms with van der Waals surface area (Å²) in [6.45, 7) is 4.32. The number of piperidine rings is 1. The Morgan fingerprint density at radius 2 is 1.83 bits per heavy atom. The molecule has 35 heavy (non-hydrogen) atoms. The molecule has 0 bridgehead atoms. The van der Waals surface area contributed by atoms with E-state index in [1.165, 1.54) is 24.5 Å². The van der Waals surface area contributed by atoms with E-state index < -0.39 is 17.6 Å². The van der Waals surface area contributed by atoms with E-state index in [1.54, 1.807) is 17.9 Å². The molecule has 1 fully saturated rings. The molecule has 3 heterocycles. The molecule has 0 spiro atoms. The second-order valence-electron chi connectivity index (χ2n) is 8.53. The van der Waals surface area contributed by atoms with E-state index in [-0.39, 0.29) is 41.7 Å². The molecule has 1 aliphatic heterocycles. The third-order valence-electron chi connectivity index (χ3n) is 6.24. The van der Waals surface area contributed by atoms with E-state index in [9.17, 15) is 22.4 Å². The molecule has 3 aromatic rings. The maximum absolute atomic E-state index is 14.4. The average molecular weight is 488 g/mol. The normalized spacial score (nSPS) is 18.4. The molecule has 0 saturated carbocycles. The van der Waals surface area contributed by atoms with Gasteiger partial charge in [-0.1, -0.05) is 6.92 Å². The predicted octanol–water partition coefficient (Wildman–Crippen LogP) is 4.75. The zero-order chi connectivity index (χ0) is 25.2. The van der Waals surface area contributed by atoms with E-state index in [4.69, 9.17) is 0 Å². The van der Waals surface area contributed by atoms with Crippen LogP contribution in [0.2, 0.25) is 0 Å². The first kappa shape index (κ1) is 24.5. The van der Waals surface area contributed by atoms with Crippen molar-refractivity contribution in [1.29, 1.82) is 0 Å². The van der Waals surface area contributed by atoms with Crippen molar-refractivity contribution in [2.75, 3.05) is 18.4 Å². The van der Waals surface area contributed by atoms with Crippen molar-refractivity contribution in [2.45, 2.75) is 38.9 Å². The lowest BCUT2D eigenvalue weighted by molar-refractivity contribution is -0.138. The first-order valence-electron chi connectivity index (χ1n) is 11.2. The lowest BCUT2D eigenvalue weighted by Crippen LogP contribution is -2.51. The summed E-state index contributed by atoms with van der Waals surface area (Å²) < 4.78 is 52.8. The second-order valence-corrected chi connectivity index (χ2v) is 8.53. The van der Waals surface area contributed by atoms with Crippen LogP contribution in [0, 0.1) is 18.7 Å². The van der Waals surface area contributed by atoms with Crippen LogP contribution >= 0.6 is 0 Å². The van der Waals surface area contributed by atoms with Crippen LogP contribution in [0.15, 0.2) is 43.0 Å². The predicted molar refractivity (Wildman–Crippen MR) is 121 cm³/mol. The maximum atomic E-state index is 14.4. The lowest BCUT2D eigenvalue weighted by Gasteiger charge is -2.40. The van der Waals surface area contributed by atoms with Gasteiger partial charge in [0.15, 0.2) is 5.82 Å². The Labute approximate surface area is 199 Å². The van der Waals surface area contributed by atoms with Crippen LogP contribution in [0.3, 0.4) is 0 Å². The third kappa shape index (κ3) is 5.23. The molecule has 2 aromatic heterocycles. The van der Waals surface area contributed by atoms with Gasteiger partial charge in [-0.05, 0) is 49.4 Å². The van der Waals surface area contributed by atoms with E-state index >= 15 is 0 Å². The molecule has 1 aromatic carbocycles. The Balaban J connectivity index is 1.60. The molecule has 1 saturated heterocycles. The number of alkyl halides is 3. The van der Waals surface area contributed by atoms with Gasteiger partial charge in [-0.25, -0.2) is 24.3 Å². The summed E-state index contributed by atoms with van der Waals surface area (Å²) in [5, 5.41) is 2.96. The summed E-state index contributed by atoms with van der Waals surface area (Å²) in [5.41, 5.74) is -0.0280. The fourth-order valence-electron chi connectivity index (χ4n) is 4.31. The number of benzene rings is 1. The molecule has 0 radical (unpaired) electrons. The Morgan fingerprint density at radius 1 is 1.14 bits per heavy atom. The van der Waals surface area contributed by atoms with Crippen LogP contribution < -0.4 is 5.32 Å². The van der Waals surface area contributed by atoms with Gasteiger partial charge in [-0.3, -0.25) is 4.79 Å². The Morgan fingerprint density at radius 3 is 2.49 bits per heavy atom. The van der Waals surface area contributed by atoms with Crippen LogP contribution in [0.1, 0.15) is 41.3 Å². The second kappa shape index (κ2) is 9.93. The number of nitrogens with one attached hydrogen (secondary N) is 1. The molecule has 1 aliphatic rings. The topological polar surface area (TPSA) is 83.9 Å². The van der Waals surface area contributed by atoms with Gasteiger partial charge in [-0.2, -0.15) is 13.2 Å². The zero-order valence-corrected chi connectivity index (χ0v) is 19.2. The molecular formula is C24H24F4N6O. The minimum Gasteiger partial charge on any atom is -0.352 e. The van der Waals surface area contributed by atoms with Crippen molar-refractivity contribution in [1.82, 2.24) is 24.8 Å². The van der Waals surface area contributed by atoms with Crippen LogP contribution in [0.5, 0.6) is 0 Å². The van der Waals surface area contributed by atoms with Crippen molar-refractivity contribution in [3.8, 4) is 11.4 Å². The third-order valence-corrected chi connectivity index (χ3v) is 6.24. The number of anilines is 1. The van der Waals surface area contributed by atoms with Gasteiger partial charge >= 0.3 is 6.18 Å². The number of nitrogens with zero attached hydrogens (tertiary/aromatic N) is 5. The highest BCUT2D eigenvalue weighted by molar-refractivity contribution is 6.01. The first-order valence-corrected chi connectivity index (χ1v) is 11.2. The van der Waals surface area contributed by atoms with Crippen molar-refractivity contribution in [3.05, 3.63) is 65.5 Å². The van der Waals surface area contributed by atoms with E-state index in [1.807, 2.05) is 6.92 Å². The van der Waals surface area contributed by atoms with Crippen molar-refractivity contribution < 1.29 is 22.4 Å². The number of hydrogen-bond donors (Lipinski definition) is 1. The minimum atomic E-state index is -4.52. The van der Waals surface area contributed by atoms with E-state index in [0.29, 0.717) is 17.7 Å². The van der Waals surface area contributed by atoms with Gasteiger partial charge in [0.2, 0.25) is 5.95 Å². The van der Waals surface area contributed by atoms with Gasteiger partial charge in [0.1, 0.15) is 5.82 Å². The minimum absolute atomic E-state index is 0.0409.